The quantitative estimate of drug-likeness (QED) is 0.844. The lowest BCUT2D eigenvalue weighted by atomic mass is 10.1. The molecule has 1 aromatic carbocycles. The molecular formula is C13H14N2OS. The molecule has 3 nitrogen and oxygen atoms in total. The van der Waals surface area contributed by atoms with E-state index < -0.39 is 0 Å². The van der Waals surface area contributed by atoms with Gasteiger partial charge in [-0.15, -0.1) is 0 Å². The van der Waals surface area contributed by atoms with E-state index >= 15 is 0 Å². The molecule has 0 spiro atoms. The van der Waals surface area contributed by atoms with Crippen molar-refractivity contribution in [2.24, 2.45) is 0 Å². The minimum atomic E-state index is -0.00155. The summed E-state index contributed by atoms with van der Waals surface area (Å²) in [7, 11) is 1.81. The Morgan fingerprint density at radius 1 is 1.29 bits per heavy atom. The molecule has 0 aliphatic heterocycles. The van der Waals surface area contributed by atoms with Crippen LogP contribution in [0.15, 0.2) is 24.3 Å². The molecule has 0 atom stereocenters. The van der Waals surface area contributed by atoms with Crippen molar-refractivity contribution in [1.29, 1.82) is 0 Å². The average molecular weight is 246 g/mol. The third-order valence-electron chi connectivity index (χ3n) is 2.49. The maximum atomic E-state index is 11.6. The largest absolute Gasteiger partial charge is 0.365 e. The first-order chi connectivity index (χ1) is 8.11. The lowest BCUT2D eigenvalue weighted by molar-refractivity contribution is 0.101. The van der Waals surface area contributed by atoms with Gasteiger partial charge < -0.3 is 5.32 Å². The van der Waals surface area contributed by atoms with Crippen LogP contribution in [0.4, 0.5) is 5.13 Å². The van der Waals surface area contributed by atoms with Crippen molar-refractivity contribution in [2.45, 2.75) is 13.8 Å². The van der Waals surface area contributed by atoms with Gasteiger partial charge in [0, 0.05) is 14.0 Å². The summed E-state index contributed by atoms with van der Waals surface area (Å²) < 4.78 is 0. The first-order valence-corrected chi connectivity index (χ1v) is 6.20. The Labute approximate surface area is 105 Å². The first-order valence-electron chi connectivity index (χ1n) is 5.38. The summed E-state index contributed by atoms with van der Waals surface area (Å²) >= 11 is 1.50. The predicted octanol–water partition coefficient (Wildman–Crippen LogP) is 3.36. The molecule has 0 radical (unpaired) electrons. The number of benzene rings is 1. The molecule has 0 amide bonds. The van der Waals surface area contributed by atoms with Crippen LogP contribution in [0, 0.1) is 6.92 Å². The van der Waals surface area contributed by atoms with Gasteiger partial charge in [0.05, 0.1) is 4.88 Å². The first kappa shape index (κ1) is 11.8. The monoisotopic (exact) mass is 246 g/mol. The zero-order valence-electron chi connectivity index (χ0n) is 10.1. The number of rotatable bonds is 3. The molecule has 88 valence electrons. The van der Waals surface area contributed by atoms with Crippen molar-refractivity contribution in [3.05, 3.63) is 35.5 Å². The number of aryl methyl sites for hydroxylation is 1. The zero-order chi connectivity index (χ0) is 12.4. The number of ketones is 1. The summed E-state index contributed by atoms with van der Waals surface area (Å²) in [5, 5.41) is 3.75. The summed E-state index contributed by atoms with van der Waals surface area (Å²) in [5.74, 6) is -0.00155. The van der Waals surface area contributed by atoms with Crippen LogP contribution in [0.5, 0.6) is 0 Å². The zero-order valence-corrected chi connectivity index (χ0v) is 10.9. The van der Waals surface area contributed by atoms with E-state index in [-0.39, 0.29) is 5.78 Å². The van der Waals surface area contributed by atoms with Gasteiger partial charge in [-0.1, -0.05) is 41.2 Å². The molecule has 0 aliphatic rings. The van der Waals surface area contributed by atoms with Crippen LogP contribution in [0.25, 0.3) is 10.4 Å². The number of thiazole rings is 1. The van der Waals surface area contributed by atoms with Crippen LogP contribution in [0.2, 0.25) is 0 Å². The molecule has 1 heterocycles. The van der Waals surface area contributed by atoms with Crippen LogP contribution in [-0.4, -0.2) is 17.8 Å². The maximum absolute atomic E-state index is 11.6. The normalized spacial score (nSPS) is 10.3. The standard InChI is InChI=1S/C13H14N2OS/c1-8-4-6-10(7-5-8)12-11(9(2)16)15-13(14-3)17-12/h4-7H,1-3H3,(H,14,15). The van der Waals surface area contributed by atoms with Crippen molar-refractivity contribution < 1.29 is 4.79 Å². The van der Waals surface area contributed by atoms with Gasteiger partial charge in [-0.2, -0.15) is 0 Å². The van der Waals surface area contributed by atoms with Gasteiger partial charge in [0.25, 0.3) is 0 Å². The summed E-state index contributed by atoms with van der Waals surface area (Å²) in [4.78, 5) is 16.8. The molecule has 2 aromatic rings. The van der Waals surface area contributed by atoms with Gasteiger partial charge in [-0.3, -0.25) is 4.79 Å². The van der Waals surface area contributed by atoms with Crippen LogP contribution in [0.1, 0.15) is 23.0 Å². The second kappa shape index (κ2) is 4.67. The Bertz CT molecular complexity index is 543. The van der Waals surface area contributed by atoms with Gasteiger partial charge in [0.2, 0.25) is 0 Å². The third-order valence-corrected chi connectivity index (χ3v) is 3.61. The molecule has 0 fully saturated rings. The minimum absolute atomic E-state index is 0.00155. The van der Waals surface area contributed by atoms with Crippen LogP contribution in [0.3, 0.4) is 0 Å². The van der Waals surface area contributed by atoms with Crippen molar-refractivity contribution in [3.63, 3.8) is 0 Å². The summed E-state index contributed by atoms with van der Waals surface area (Å²) in [6.45, 7) is 3.59. The highest BCUT2D eigenvalue weighted by Crippen LogP contribution is 2.33. The van der Waals surface area contributed by atoms with Crippen molar-refractivity contribution >= 4 is 22.3 Å². The van der Waals surface area contributed by atoms with Crippen LogP contribution >= 0.6 is 11.3 Å². The second-order valence-corrected chi connectivity index (χ2v) is 4.87. The van der Waals surface area contributed by atoms with Crippen molar-refractivity contribution in [2.75, 3.05) is 12.4 Å². The number of hydrogen-bond donors (Lipinski definition) is 1. The summed E-state index contributed by atoms with van der Waals surface area (Å²) in [5.41, 5.74) is 2.79. The summed E-state index contributed by atoms with van der Waals surface area (Å²) in [6, 6.07) is 8.12. The lowest BCUT2D eigenvalue weighted by Crippen LogP contribution is -1.95. The Morgan fingerprint density at radius 3 is 2.47 bits per heavy atom. The smallest absolute Gasteiger partial charge is 0.183 e. The molecule has 0 bridgehead atoms. The third kappa shape index (κ3) is 2.36. The number of carbonyl (C=O) groups excluding carboxylic acids is 1. The maximum Gasteiger partial charge on any atom is 0.183 e. The van der Waals surface area contributed by atoms with E-state index in [1.54, 1.807) is 6.92 Å². The fourth-order valence-electron chi connectivity index (χ4n) is 1.57. The average Bonchev–Trinajstić information content (AvgIpc) is 2.74. The molecule has 0 unspecified atom stereocenters. The number of carbonyl (C=O) groups is 1. The summed E-state index contributed by atoms with van der Waals surface area (Å²) in [6.07, 6.45) is 0. The van der Waals surface area contributed by atoms with Gasteiger partial charge in [0.15, 0.2) is 10.9 Å². The number of hydrogen-bond acceptors (Lipinski definition) is 4. The highest BCUT2D eigenvalue weighted by molar-refractivity contribution is 7.19. The van der Waals surface area contributed by atoms with E-state index in [2.05, 4.69) is 10.3 Å². The second-order valence-electron chi connectivity index (χ2n) is 3.87. The van der Waals surface area contributed by atoms with E-state index in [1.165, 1.54) is 16.9 Å². The fraction of sp³-hybridized carbons (Fsp3) is 0.231. The molecule has 1 aromatic heterocycles. The molecular weight excluding hydrogens is 232 g/mol. The predicted molar refractivity (Wildman–Crippen MR) is 71.8 cm³/mol. The van der Waals surface area contributed by atoms with Crippen molar-refractivity contribution in [3.8, 4) is 10.4 Å². The Hall–Kier alpha value is -1.68. The molecule has 0 saturated heterocycles. The minimum Gasteiger partial charge on any atom is -0.365 e. The number of nitrogens with one attached hydrogen (secondary N) is 1. The Balaban J connectivity index is 2.53. The number of anilines is 1. The SMILES string of the molecule is CNc1nc(C(C)=O)c(-c2ccc(C)cc2)s1. The van der Waals surface area contributed by atoms with Crippen LogP contribution in [-0.2, 0) is 0 Å². The van der Waals surface area contributed by atoms with Gasteiger partial charge in [-0.25, -0.2) is 4.98 Å². The number of Topliss-reactive ketones (excluding diaryl/α,β-unsaturated/α-hetero) is 1. The van der Waals surface area contributed by atoms with E-state index in [4.69, 9.17) is 0 Å². The van der Waals surface area contributed by atoms with E-state index in [1.807, 2.05) is 38.2 Å². The molecule has 17 heavy (non-hydrogen) atoms. The molecule has 1 N–H and O–H groups in total. The van der Waals surface area contributed by atoms with Gasteiger partial charge in [-0.05, 0) is 12.5 Å². The number of aromatic nitrogens is 1. The number of nitrogens with zero attached hydrogens (tertiary/aromatic N) is 1. The Morgan fingerprint density at radius 2 is 1.94 bits per heavy atom. The van der Waals surface area contributed by atoms with E-state index in [0.717, 1.165) is 15.6 Å². The highest BCUT2D eigenvalue weighted by Gasteiger charge is 2.15. The van der Waals surface area contributed by atoms with Gasteiger partial charge in [0.1, 0.15) is 5.69 Å². The fourth-order valence-corrected chi connectivity index (χ4v) is 2.54. The highest BCUT2D eigenvalue weighted by atomic mass is 32.1. The van der Waals surface area contributed by atoms with Crippen LogP contribution < -0.4 is 5.32 Å². The lowest BCUT2D eigenvalue weighted by Gasteiger charge is -1.99. The van der Waals surface area contributed by atoms with E-state index in [9.17, 15) is 4.79 Å². The molecule has 2 rings (SSSR count). The van der Waals surface area contributed by atoms with E-state index in [0.29, 0.717) is 5.69 Å². The van der Waals surface area contributed by atoms with Crippen molar-refractivity contribution in [1.82, 2.24) is 4.98 Å². The Kier molecular flexibility index (Phi) is 3.24. The molecule has 0 aliphatic carbocycles. The molecule has 4 heteroatoms. The topological polar surface area (TPSA) is 42.0 Å². The van der Waals surface area contributed by atoms with Gasteiger partial charge >= 0.3 is 0 Å². The molecule has 0 saturated carbocycles.